The Morgan fingerprint density at radius 2 is 2.11 bits per heavy atom. The maximum atomic E-state index is 12.7. The topological polar surface area (TPSA) is 165 Å². The molecule has 11 heteroatoms. The number of likely N-dealkylation sites (tertiary alicyclic amines) is 1. The highest BCUT2D eigenvalue weighted by Gasteiger charge is 2.41. The normalized spacial score (nSPS) is 18.9. The number of Topliss-reactive ketones (excluding diaryl/α,β-unsaturated/α-hetero) is 2. The first-order chi connectivity index (χ1) is 12.9. The van der Waals surface area contributed by atoms with Gasteiger partial charge in [-0.1, -0.05) is 0 Å². The van der Waals surface area contributed by atoms with Gasteiger partial charge in [-0.25, -0.2) is 4.98 Å². The van der Waals surface area contributed by atoms with Crippen LogP contribution in [0.2, 0.25) is 0 Å². The molecule has 0 spiro atoms. The van der Waals surface area contributed by atoms with Crippen LogP contribution in [0.3, 0.4) is 0 Å². The van der Waals surface area contributed by atoms with Crippen LogP contribution in [0.1, 0.15) is 25.0 Å². The van der Waals surface area contributed by atoms with E-state index in [1.165, 1.54) is 11.2 Å². The number of aliphatic carboxylic acids is 1. The van der Waals surface area contributed by atoms with Crippen molar-refractivity contribution in [3.05, 3.63) is 18.2 Å². The molecule has 0 saturated carbocycles. The first-order valence-electron chi connectivity index (χ1n) is 8.53. The van der Waals surface area contributed by atoms with Gasteiger partial charge < -0.3 is 25.5 Å². The van der Waals surface area contributed by atoms with Crippen molar-refractivity contribution in [2.24, 2.45) is 0 Å². The number of H-pyrrole nitrogens is 1. The number of ketones is 2. The van der Waals surface area contributed by atoms with Gasteiger partial charge in [0.25, 0.3) is 0 Å². The van der Waals surface area contributed by atoms with Gasteiger partial charge in [0, 0.05) is 24.9 Å². The largest absolute Gasteiger partial charge is 0.481 e. The Kier molecular flexibility index (Phi) is 7.16. The third-order valence-corrected chi connectivity index (χ3v) is 4.56. The Labute approximate surface area is 155 Å². The number of carboxylic acid groups (broad SMARTS) is 1. The number of nitrogens with zero attached hydrogens (tertiary/aromatic N) is 2. The van der Waals surface area contributed by atoms with E-state index in [1.807, 2.05) is 0 Å². The summed E-state index contributed by atoms with van der Waals surface area (Å²) < 4.78 is 0. The monoisotopic (exact) mass is 381 g/mol. The molecule has 5 N–H and O–H groups in total. The molecular formula is C16H23N5O6. The lowest BCUT2D eigenvalue weighted by Gasteiger charge is -2.27. The van der Waals surface area contributed by atoms with Gasteiger partial charge >= 0.3 is 5.97 Å². The third-order valence-electron chi connectivity index (χ3n) is 4.56. The number of hydroxylamine groups is 1. The molecule has 11 nitrogen and oxygen atoms in total. The van der Waals surface area contributed by atoms with Gasteiger partial charge in [0.15, 0.2) is 0 Å². The third kappa shape index (κ3) is 4.96. The molecule has 1 unspecified atom stereocenters. The Balaban J connectivity index is 2.09. The van der Waals surface area contributed by atoms with Crippen LogP contribution in [-0.2, 0) is 25.6 Å². The summed E-state index contributed by atoms with van der Waals surface area (Å²) >= 11 is 0. The van der Waals surface area contributed by atoms with E-state index >= 15 is 0 Å². The molecule has 3 atom stereocenters. The highest BCUT2D eigenvalue weighted by Crippen LogP contribution is 2.21. The van der Waals surface area contributed by atoms with Gasteiger partial charge in [0.2, 0.25) is 17.5 Å². The van der Waals surface area contributed by atoms with Crippen molar-refractivity contribution in [3.63, 3.8) is 0 Å². The molecule has 1 aliphatic rings. The maximum Gasteiger partial charge on any atom is 0.305 e. The zero-order valence-corrected chi connectivity index (χ0v) is 14.8. The number of nitrogens with one attached hydrogen (secondary N) is 3. The average Bonchev–Trinajstić information content (AvgIpc) is 3.33. The fraction of sp³-hybridized carbons (Fsp3) is 0.562. The van der Waals surface area contributed by atoms with Gasteiger partial charge in [0.05, 0.1) is 24.8 Å². The summed E-state index contributed by atoms with van der Waals surface area (Å²) in [6.45, 7) is 0.213. The predicted octanol–water partition coefficient (Wildman–Crippen LogP) is -1.51. The number of aromatic amines is 1. The Bertz CT molecular complexity index is 691. The molecule has 27 heavy (non-hydrogen) atoms. The van der Waals surface area contributed by atoms with Gasteiger partial charge in [-0.2, -0.15) is 5.48 Å². The molecular weight excluding hydrogens is 358 g/mol. The summed E-state index contributed by atoms with van der Waals surface area (Å²) in [5.74, 6) is -3.38. The van der Waals surface area contributed by atoms with Crippen LogP contribution in [0.5, 0.6) is 0 Å². The van der Waals surface area contributed by atoms with E-state index in [9.17, 15) is 19.2 Å². The van der Waals surface area contributed by atoms with Crippen LogP contribution in [0.25, 0.3) is 0 Å². The Morgan fingerprint density at radius 1 is 1.37 bits per heavy atom. The molecule has 2 rings (SSSR count). The highest BCUT2D eigenvalue weighted by atomic mass is 16.5. The van der Waals surface area contributed by atoms with Crippen molar-refractivity contribution < 1.29 is 29.5 Å². The molecule has 0 aliphatic carbocycles. The minimum atomic E-state index is -1.38. The van der Waals surface area contributed by atoms with Crippen LogP contribution < -0.4 is 10.8 Å². The molecule has 1 aliphatic heterocycles. The first kappa shape index (κ1) is 20.7. The van der Waals surface area contributed by atoms with Crippen LogP contribution >= 0.6 is 0 Å². The van der Waals surface area contributed by atoms with Crippen molar-refractivity contribution in [3.8, 4) is 0 Å². The van der Waals surface area contributed by atoms with Crippen molar-refractivity contribution in [1.29, 1.82) is 0 Å². The van der Waals surface area contributed by atoms with Crippen LogP contribution in [0, 0.1) is 0 Å². The van der Waals surface area contributed by atoms with Crippen molar-refractivity contribution in [1.82, 2.24) is 25.7 Å². The number of hydrogen-bond acceptors (Lipinski definition) is 8. The fourth-order valence-electron chi connectivity index (χ4n) is 3.14. The standard InChI is InChI=1S/C16H23N5O6/c1-17-10(5-9-7-18-8-19-9)14(24)15(25)12-3-2-4-21(12)16(26)11(20-27)6-13(22)23/h7-8,10-12,17,20,27H,2-6H2,1H3,(H,18,19)(H,22,23)/t10?,11-,12-/m0/s1. The SMILES string of the molecule is CNC(Cc1cnc[nH]1)C(=O)C(=O)[C@@H]1CCCN1C(=O)[C@H](CC(=O)O)NO. The maximum absolute atomic E-state index is 12.7. The lowest BCUT2D eigenvalue weighted by atomic mass is 9.97. The predicted molar refractivity (Wildman–Crippen MR) is 90.9 cm³/mol. The molecule has 148 valence electrons. The lowest BCUT2D eigenvalue weighted by Crippen LogP contribution is -2.53. The molecule has 1 amide bonds. The summed E-state index contributed by atoms with van der Waals surface area (Å²) in [6.07, 6.45) is 3.43. The van der Waals surface area contributed by atoms with Gasteiger partial charge in [-0.3, -0.25) is 19.2 Å². The van der Waals surface area contributed by atoms with E-state index in [0.717, 1.165) is 0 Å². The van der Waals surface area contributed by atoms with E-state index in [1.54, 1.807) is 18.7 Å². The van der Waals surface area contributed by atoms with Crippen LogP contribution in [0.15, 0.2) is 12.5 Å². The van der Waals surface area contributed by atoms with Crippen LogP contribution in [-0.4, -0.2) is 80.3 Å². The second-order valence-electron chi connectivity index (χ2n) is 6.32. The summed E-state index contributed by atoms with van der Waals surface area (Å²) in [5, 5.41) is 20.7. The number of carbonyl (C=O) groups excluding carboxylic acids is 3. The lowest BCUT2D eigenvalue weighted by molar-refractivity contribution is -0.148. The molecule has 0 aromatic carbocycles. The molecule has 2 heterocycles. The first-order valence-corrected chi connectivity index (χ1v) is 8.53. The van der Waals surface area contributed by atoms with E-state index < -0.39 is 48.0 Å². The zero-order chi connectivity index (χ0) is 20.0. The van der Waals surface area contributed by atoms with Gasteiger partial charge in [-0.15, -0.1) is 0 Å². The Morgan fingerprint density at radius 3 is 2.67 bits per heavy atom. The zero-order valence-electron chi connectivity index (χ0n) is 14.8. The molecule has 0 bridgehead atoms. The minimum absolute atomic E-state index is 0.213. The second-order valence-corrected chi connectivity index (χ2v) is 6.32. The van der Waals surface area contributed by atoms with Crippen molar-refractivity contribution >= 4 is 23.4 Å². The number of aromatic nitrogens is 2. The average molecular weight is 381 g/mol. The smallest absolute Gasteiger partial charge is 0.305 e. The van der Waals surface area contributed by atoms with Crippen molar-refractivity contribution in [2.45, 2.75) is 43.8 Å². The second kappa shape index (κ2) is 9.35. The fourth-order valence-corrected chi connectivity index (χ4v) is 3.14. The number of carboxylic acids is 1. The quantitative estimate of drug-likeness (QED) is 0.239. The number of rotatable bonds is 10. The van der Waals surface area contributed by atoms with E-state index in [4.69, 9.17) is 10.3 Å². The summed E-state index contributed by atoms with van der Waals surface area (Å²) in [6, 6.07) is -3.12. The number of imidazole rings is 1. The number of amides is 1. The number of hydrogen-bond donors (Lipinski definition) is 5. The molecule has 1 fully saturated rings. The molecule has 1 saturated heterocycles. The summed E-state index contributed by atoms with van der Waals surface area (Å²) in [4.78, 5) is 56.6. The molecule has 0 radical (unpaired) electrons. The van der Waals surface area contributed by atoms with Crippen LogP contribution in [0.4, 0.5) is 0 Å². The van der Waals surface area contributed by atoms with E-state index in [2.05, 4.69) is 15.3 Å². The van der Waals surface area contributed by atoms with E-state index in [0.29, 0.717) is 18.5 Å². The Hall–Kier alpha value is -2.63. The van der Waals surface area contributed by atoms with Crippen molar-refractivity contribution in [2.75, 3.05) is 13.6 Å². The highest BCUT2D eigenvalue weighted by molar-refractivity contribution is 6.41. The number of likely N-dealkylation sites (N-methyl/N-ethyl adjacent to an activating group) is 1. The van der Waals surface area contributed by atoms with E-state index in [-0.39, 0.29) is 13.0 Å². The molecule has 1 aromatic rings. The number of carbonyl (C=O) groups is 4. The minimum Gasteiger partial charge on any atom is -0.481 e. The van der Waals surface area contributed by atoms with Gasteiger partial charge in [-0.05, 0) is 19.9 Å². The summed E-state index contributed by atoms with van der Waals surface area (Å²) in [7, 11) is 1.56. The van der Waals surface area contributed by atoms with Gasteiger partial charge in [0.1, 0.15) is 6.04 Å². The molecule has 1 aromatic heterocycles. The summed E-state index contributed by atoms with van der Waals surface area (Å²) in [5.41, 5.74) is 2.35.